The summed E-state index contributed by atoms with van der Waals surface area (Å²) in [6.07, 6.45) is 9.19. The first-order valence-electron chi connectivity index (χ1n) is 7.35. The largest absolute Gasteiger partial charge is 0.472 e. The van der Waals surface area contributed by atoms with E-state index in [0.29, 0.717) is 6.04 Å². The fourth-order valence-corrected chi connectivity index (χ4v) is 3.46. The minimum Gasteiger partial charge on any atom is -0.472 e. The Balaban J connectivity index is 1.62. The van der Waals surface area contributed by atoms with Gasteiger partial charge in [0.1, 0.15) is 0 Å². The van der Waals surface area contributed by atoms with Crippen molar-refractivity contribution in [2.45, 2.75) is 44.7 Å². The van der Waals surface area contributed by atoms with Crippen molar-refractivity contribution in [3.05, 3.63) is 24.2 Å². The van der Waals surface area contributed by atoms with E-state index in [9.17, 15) is 0 Å². The Morgan fingerprint density at radius 2 is 2.06 bits per heavy atom. The quantitative estimate of drug-likeness (QED) is 0.820. The molecule has 2 fully saturated rings. The van der Waals surface area contributed by atoms with Crippen LogP contribution in [0, 0.1) is 0 Å². The van der Waals surface area contributed by atoms with Crippen LogP contribution in [-0.4, -0.2) is 42.0 Å². The van der Waals surface area contributed by atoms with E-state index < -0.39 is 0 Å². The summed E-state index contributed by atoms with van der Waals surface area (Å²) in [5.74, 6) is 0. The zero-order valence-corrected chi connectivity index (χ0v) is 11.3. The monoisotopic (exact) mass is 248 g/mol. The Kier molecular flexibility index (Phi) is 3.71. The molecule has 100 valence electrons. The Morgan fingerprint density at radius 3 is 2.78 bits per heavy atom. The minimum atomic E-state index is 0.495. The summed E-state index contributed by atoms with van der Waals surface area (Å²) in [4.78, 5) is 5.32. The van der Waals surface area contributed by atoms with Crippen LogP contribution in [0.4, 0.5) is 0 Å². The molecule has 3 heteroatoms. The molecule has 0 aromatic carbocycles. The van der Waals surface area contributed by atoms with Gasteiger partial charge in [0.15, 0.2) is 0 Å². The number of nitrogens with zero attached hydrogens (tertiary/aromatic N) is 2. The molecule has 0 N–H and O–H groups in total. The number of furan rings is 1. The van der Waals surface area contributed by atoms with Crippen LogP contribution in [0.5, 0.6) is 0 Å². The van der Waals surface area contributed by atoms with Crippen molar-refractivity contribution in [3.8, 4) is 0 Å². The summed E-state index contributed by atoms with van der Waals surface area (Å²) >= 11 is 0. The third-order valence-corrected chi connectivity index (χ3v) is 4.66. The molecule has 0 aliphatic carbocycles. The van der Waals surface area contributed by atoms with Crippen molar-refractivity contribution >= 4 is 0 Å². The summed E-state index contributed by atoms with van der Waals surface area (Å²) < 4.78 is 5.22. The zero-order chi connectivity index (χ0) is 12.4. The molecular weight excluding hydrogens is 224 g/mol. The zero-order valence-electron chi connectivity index (χ0n) is 11.3. The van der Waals surface area contributed by atoms with E-state index >= 15 is 0 Å². The summed E-state index contributed by atoms with van der Waals surface area (Å²) in [5.41, 5.74) is 1.32. The van der Waals surface area contributed by atoms with E-state index in [1.54, 1.807) is 6.26 Å². The van der Waals surface area contributed by atoms with E-state index in [-0.39, 0.29) is 0 Å². The summed E-state index contributed by atoms with van der Waals surface area (Å²) in [6.45, 7) is 7.40. The Morgan fingerprint density at radius 1 is 1.22 bits per heavy atom. The highest BCUT2D eigenvalue weighted by molar-refractivity contribution is 5.11. The third kappa shape index (κ3) is 2.47. The van der Waals surface area contributed by atoms with Crippen LogP contribution >= 0.6 is 0 Å². The summed E-state index contributed by atoms with van der Waals surface area (Å²) in [6, 6.07) is 3.38. The number of likely N-dealkylation sites (tertiary alicyclic amines) is 2. The predicted molar refractivity (Wildman–Crippen MR) is 72.5 cm³/mol. The molecule has 1 aromatic heterocycles. The van der Waals surface area contributed by atoms with Gasteiger partial charge in [-0.15, -0.1) is 0 Å². The van der Waals surface area contributed by atoms with Crippen LogP contribution in [0.2, 0.25) is 0 Å². The smallest absolute Gasteiger partial charge is 0.0950 e. The van der Waals surface area contributed by atoms with E-state index in [2.05, 4.69) is 22.8 Å². The molecule has 3 rings (SSSR count). The van der Waals surface area contributed by atoms with Crippen molar-refractivity contribution in [1.29, 1.82) is 0 Å². The van der Waals surface area contributed by atoms with Gasteiger partial charge in [-0.2, -0.15) is 0 Å². The first kappa shape index (κ1) is 12.2. The van der Waals surface area contributed by atoms with Crippen LogP contribution in [0.1, 0.15) is 44.2 Å². The molecule has 3 nitrogen and oxygen atoms in total. The van der Waals surface area contributed by atoms with Gasteiger partial charge in [0, 0.05) is 24.2 Å². The molecule has 18 heavy (non-hydrogen) atoms. The van der Waals surface area contributed by atoms with Gasteiger partial charge in [0.2, 0.25) is 0 Å². The van der Waals surface area contributed by atoms with Crippen molar-refractivity contribution in [2.24, 2.45) is 0 Å². The molecule has 2 saturated heterocycles. The molecule has 0 amide bonds. The average molecular weight is 248 g/mol. The molecule has 0 unspecified atom stereocenters. The van der Waals surface area contributed by atoms with Gasteiger partial charge in [-0.1, -0.05) is 0 Å². The number of rotatable bonds is 3. The number of piperidine rings is 1. The Labute approximate surface area is 110 Å². The minimum absolute atomic E-state index is 0.495. The van der Waals surface area contributed by atoms with Gasteiger partial charge in [0.05, 0.1) is 12.5 Å². The molecule has 2 aliphatic heterocycles. The number of hydrogen-bond donors (Lipinski definition) is 0. The maximum Gasteiger partial charge on any atom is 0.0950 e. The molecular formula is C15H24N2O. The van der Waals surface area contributed by atoms with Gasteiger partial charge in [-0.25, -0.2) is 0 Å². The predicted octanol–water partition coefficient (Wildman–Crippen LogP) is 2.90. The second-order valence-electron chi connectivity index (χ2n) is 5.77. The Bertz CT molecular complexity index is 357. The van der Waals surface area contributed by atoms with Crippen LogP contribution in [-0.2, 0) is 0 Å². The molecule has 2 aliphatic rings. The van der Waals surface area contributed by atoms with Crippen molar-refractivity contribution in [2.75, 3.05) is 26.2 Å². The maximum atomic E-state index is 5.22. The van der Waals surface area contributed by atoms with Gasteiger partial charge >= 0.3 is 0 Å². The maximum absolute atomic E-state index is 5.22. The first-order chi connectivity index (χ1) is 8.84. The molecule has 0 spiro atoms. The molecule has 2 atom stereocenters. The highest BCUT2D eigenvalue weighted by atomic mass is 16.3. The fourth-order valence-electron chi connectivity index (χ4n) is 3.46. The highest BCUT2D eigenvalue weighted by Gasteiger charge is 2.29. The molecule has 1 aromatic rings. The lowest BCUT2D eigenvalue weighted by Crippen LogP contribution is -2.47. The standard InChI is InChI=1S/C15H24N2O/c1-13(14-6-10-18-12-14)17-9-4-5-15(11-17)16-7-2-3-8-16/h6,10,12-13,15H,2-5,7-9,11H2,1H3/t13-,15-/m1/s1. The lowest BCUT2D eigenvalue weighted by molar-refractivity contribution is 0.0885. The fraction of sp³-hybridized carbons (Fsp3) is 0.733. The third-order valence-electron chi connectivity index (χ3n) is 4.66. The summed E-state index contributed by atoms with van der Waals surface area (Å²) in [5, 5.41) is 0. The molecule has 0 saturated carbocycles. The Hall–Kier alpha value is -0.800. The summed E-state index contributed by atoms with van der Waals surface area (Å²) in [7, 11) is 0. The van der Waals surface area contributed by atoms with Crippen LogP contribution in [0.15, 0.2) is 23.0 Å². The van der Waals surface area contributed by atoms with Crippen LogP contribution in [0.25, 0.3) is 0 Å². The lowest BCUT2D eigenvalue weighted by Gasteiger charge is -2.40. The second kappa shape index (κ2) is 5.45. The topological polar surface area (TPSA) is 19.6 Å². The normalized spacial score (nSPS) is 28.6. The van der Waals surface area contributed by atoms with E-state index in [0.717, 1.165) is 6.04 Å². The average Bonchev–Trinajstić information content (AvgIpc) is 3.11. The second-order valence-corrected chi connectivity index (χ2v) is 5.77. The first-order valence-corrected chi connectivity index (χ1v) is 7.35. The lowest BCUT2D eigenvalue weighted by atomic mass is 10.0. The van der Waals surface area contributed by atoms with Crippen LogP contribution in [0.3, 0.4) is 0 Å². The van der Waals surface area contributed by atoms with E-state index in [1.165, 1.54) is 57.4 Å². The SMILES string of the molecule is C[C@H](c1ccoc1)N1CCC[C@@H](N2CCCC2)C1. The van der Waals surface area contributed by atoms with Gasteiger partial charge in [-0.05, 0) is 58.3 Å². The van der Waals surface area contributed by atoms with Crippen molar-refractivity contribution in [3.63, 3.8) is 0 Å². The molecule has 0 bridgehead atoms. The molecule has 0 radical (unpaired) electrons. The highest BCUT2D eigenvalue weighted by Crippen LogP contribution is 2.27. The van der Waals surface area contributed by atoms with Gasteiger partial charge in [0.25, 0.3) is 0 Å². The molecule has 3 heterocycles. The van der Waals surface area contributed by atoms with E-state index in [1.807, 2.05) is 6.26 Å². The van der Waals surface area contributed by atoms with Gasteiger partial charge < -0.3 is 4.42 Å². The van der Waals surface area contributed by atoms with Gasteiger partial charge in [-0.3, -0.25) is 9.80 Å². The van der Waals surface area contributed by atoms with E-state index in [4.69, 9.17) is 4.42 Å². The van der Waals surface area contributed by atoms with Crippen molar-refractivity contribution in [1.82, 2.24) is 9.80 Å². The number of hydrogen-bond acceptors (Lipinski definition) is 3. The van der Waals surface area contributed by atoms with Crippen molar-refractivity contribution < 1.29 is 4.42 Å². The van der Waals surface area contributed by atoms with Crippen LogP contribution < -0.4 is 0 Å².